The van der Waals surface area contributed by atoms with E-state index in [2.05, 4.69) is 15.4 Å². The van der Waals surface area contributed by atoms with Crippen molar-refractivity contribution in [2.24, 2.45) is 0 Å². The van der Waals surface area contributed by atoms with E-state index in [1.807, 2.05) is 6.92 Å². The van der Waals surface area contributed by atoms with E-state index >= 15 is 0 Å². The number of carbonyl (C=O) groups excluding carboxylic acids is 1. The molecule has 96 valence electrons. The number of aliphatic hydroxyl groups excluding tert-OH is 1. The Labute approximate surface area is 105 Å². The van der Waals surface area contributed by atoms with Crippen molar-refractivity contribution in [2.45, 2.75) is 25.9 Å². The van der Waals surface area contributed by atoms with Crippen LogP contribution in [0.4, 0.5) is 0 Å². The molecule has 2 aromatic heterocycles. The maximum absolute atomic E-state index is 11.9. The van der Waals surface area contributed by atoms with Gasteiger partial charge in [-0.3, -0.25) is 9.78 Å². The third kappa shape index (κ3) is 2.65. The molecule has 0 saturated heterocycles. The van der Waals surface area contributed by atoms with Gasteiger partial charge in [-0.2, -0.15) is 5.10 Å². The van der Waals surface area contributed by atoms with E-state index in [4.69, 9.17) is 0 Å². The molecule has 2 heterocycles. The Morgan fingerprint density at radius 2 is 2.39 bits per heavy atom. The number of nitrogens with zero attached hydrogens (tertiary/aromatic N) is 3. The fourth-order valence-corrected chi connectivity index (χ4v) is 1.75. The molecule has 0 bridgehead atoms. The summed E-state index contributed by atoms with van der Waals surface area (Å²) in [6.07, 6.45) is 7.43. The summed E-state index contributed by atoms with van der Waals surface area (Å²) in [7, 11) is 0. The normalized spacial score (nSPS) is 12.6. The smallest absolute Gasteiger partial charge is 0.255 e. The van der Waals surface area contributed by atoms with E-state index in [9.17, 15) is 9.90 Å². The average Bonchev–Trinajstić information content (AvgIpc) is 2.80. The zero-order valence-electron chi connectivity index (χ0n) is 10.2. The van der Waals surface area contributed by atoms with E-state index in [1.165, 1.54) is 6.20 Å². The molecule has 1 unspecified atom stereocenters. The van der Waals surface area contributed by atoms with Crippen LogP contribution >= 0.6 is 0 Å². The van der Waals surface area contributed by atoms with E-state index in [0.717, 1.165) is 6.42 Å². The van der Waals surface area contributed by atoms with Gasteiger partial charge in [0, 0.05) is 18.9 Å². The maximum Gasteiger partial charge on any atom is 0.255 e. The first kappa shape index (κ1) is 12.5. The zero-order valence-corrected chi connectivity index (χ0v) is 10.2. The molecule has 1 atom stereocenters. The van der Waals surface area contributed by atoms with Gasteiger partial charge in [-0.05, 0) is 6.42 Å². The summed E-state index contributed by atoms with van der Waals surface area (Å²) in [6, 6.07) is 0. The molecule has 0 aromatic carbocycles. The lowest BCUT2D eigenvalue weighted by Crippen LogP contribution is -2.31. The minimum Gasteiger partial charge on any atom is -0.391 e. The quantitative estimate of drug-likeness (QED) is 0.813. The van der Waals surface area contributed by atoms with Crippen molar-refractivity contribution in [1.82, 2.24) is 19.9 Å². The number of aliphatic hydroxyl groups is 1. The molecule has 0 radical (unpaired) electrons. The van der Waals surface area contributed by atoms with E-state index in [0.29, 0.717) is 17.5 Å². The fourth-order valence-electron chi connectivity index (χ4n) is 1.75. The summed E-state index contributed by atoms with van der Waals surface area (Å²) in [5.74, 6) is -0.242. The fraction of sp³-hybridized carbons (Fsp3) is 0.417. The van der Waals surface area contributed by atoms with E-state index < -0.39 is 6.10 Å². The molecule has 18 heavy (non-hydrogen) atoms. The molecule has 2 aromatic rings. The molecular weight excluding hydrogens is 232 g/mol. The van der Waals surface area contributed by atoms with Crippen LogP contribution in [0, 0.1) is 0 Å². The molecular formula is C12H16N4O2. The minimum atomic E-state index is -0.501. The second kappa shape index (κ2) is 5.59. The van der Waals surface area contributed by atoms with Crippen LogP contribution < -0.4 is 5.32 Å². The monoisotopic (exact) mass is 248 g/mol. The third-order valence-electron chi connectivity index (χ3n) is 2.69. The third-order valence-corrected chi connectivity index (χ3v) is 2.69. The first-order valence-corrected chi connectivity index (χ1v) is 5.96. The van der Waals surface area contributed by atoms with Gasteiger partial charge >= 0.3 is 0 Å². The molecule has 0 fully saturated rings. The van der Waals surface area contributed by atoms with Gasteiger partial charge in [-0.25, -0.2) is 4.52 Å². The first-order valence-electron chi connectivity index (χ1n) is 5.96. The summed E-state index contributed by atoms with van der Waals surface area (Å²) >= 11 is 0. The van der Waals surface area contributed by atoms with Gasteiger partial charge in [0.25, 0.3) is 5.91 Å². The zero-order chi connectivity index (χ0) is 13.0. The minimum absolute atomic E-state index is 0.242. The Hall–Kier alpha value is -1.95. The number of nitrogens with one attached hydrogen (secondary N) is 1. The first-order chi connectivity index (χ1) is 8.72. The van der Waals surface area contributed by atoms with Crippen LogP contribution in [0.2, 0.25) is 0 Å². The van der Waals surface area contributed by atoms with Gasteiger partial charge in [0.15, 0.2) is 0 Å². The Balaban J connectivity index is 2.05. The number of carbonyl (C=O) groups is 1. The Morgan fingerprint density at radius 3 is 3.17 bits per heavy atom. The summed E-state index contributed by atoms with van der Waals surface area (Å²) in [5, 5.41) is 16.3. The predicted octanol–water partition coefficient (Wildman–Crippen LogP) is 0.620. The Kier molecular flexibility index (Phi) is 3.88. The number of hydrogen-bond donors (Lipinski definition) is 2. The van der Waals surface area contributed by atoms with Gasteiger partial charge in [-0.15, -0.1) is 0 Å². The van der Waals surface area contributed by atoms with E-state index in [1.54, 1.807) is 23.1 Å². The van der Waals surface area contributed by atoms with Crippen LogP contribution in [0.15, 0.2) is 24.8 Å². The molecule has 2 N–H and O–H groups in total. The number of fused-ring (bicyclic) bond motifs is 1. The van der Waals surface area contributed by atoms with E-state index in [-0.39, 0.29) is 12.5 Å². The van der Waals surface area contributed by atoms with Crippen molar-refractivity contribution >= 4 is 11.4 Å². The second-order valence-electron chi connectivity index (χ2n) is 4.12. The molecule has 2 rings (SSSR count). The van der Waals surface area contributed by atoms with Crippen molar-refractivity contribution in [3.05, 3.63) is 30.4 Å². The van der Waals surface area contributed by atoms with Crippen LogP contribution in [0.3, 0.4) is 0 Å². The lowest BCUT2D eigenvalue weighted by molar-refractivity contribution is 0.0911. The molecule has 0 aliphatic rings. The molecule has 0 aliphatic carbocycles. The van der Waals surface area contributed by atoms with Gasteiger partial charge in [0.2, 0.25) is 0 Å². The maximum atomic E-state index is 11.9. The van der Waals surface area contributed by atoms with Crippen LogP contribution in [-0.4, -0.2) is 38.3 Å². The van der Waals surface area contributed by atoms with Crippen molar-refractivity contribution in [3.63, 3.8) is 0 Å². The molecule has 0 saturated carbocycles. The molecule has 6 nitrogen and oxygen atoms in total. The largest absolute Gasteiger partial charge is 0.391 e. The summed E-state index contributed by atoms with van der Waals surface area (Å²) in [5.41, 5.74) is 1.12. The number of aromatic nitrogens is 3. The van der Waals surface area contributed by atoms with Gasteiger partial charge < -0.3 is 10.4 Å². The molecule has 6 heteroatoms. The van der Waals surface area contributed by atoms with Crippen molar-refractivity contribution in [1.29, 1.82) is 0 Å². The van der Waals surface area contributed by atoms with Crippen LogP contribution in [0.1, 0.15) is 30.1 Å². The lowest BCUT2D eigenvalue weighted by Gasteiger charge is -2.09. The summed E-state index contributed by atoms with van der Waals surface area (Å²) < 4.78 is 1.59. The van der Waals surface area contributed by atoms with Gasteiger partial charge in [-0.1, -0.05) is 13.3 Å². The topological polar surface area (TPSA) is 79.5 Å². The molecule has 0 spiro atoms. The summed E-state index contributed by atoms with van der Waals surface area (Å²) in [6.45, 7) is 2.24. The second-order valence-corrected chi connectivity index (χ2v) is 4.12. The number of rotatable bonds is 5. The SMILES string of the molecule is CCCC(O)CNC(=O)c1cnn2ccncc12. The van der Waals surface area contributed by atoms with Crippen molar-refractivity contribution in [3.8, 4) is 0 Å². The Bertz CT molecular complexity index is 538. The molecule has 0 aliphatic heterocycles. The highest BCUT2D eigenvalue weighted by molar-refractivity contribution is 6.00. The highest BCUT2D eigenvalue weighted by atomic mass is 16.3. The van der Waals surface area contributed by atoms with Crippen LogP contribution in [0.25, 0.3) is 5.52 Å². The molecule has 1 amide bonds. The predicted molar refractivity (Wildman–Crippen MR) is 66.2 cm³/mol. The Morgan fingerprint density at radius 1 is 1.56 bits per heavy atom. The van der Waals surface area contributed by atoms with Crippen LogP contribution in [-0.2, 0) is 0 Å². The van der Waals surface area contributed by atoms with Crippen molar-refractivity contribution < 1.29 is 9.90 Å². The van der Waals surface area contributed by atoms with Crippen molar-refractivity contribution in [2.75, 3.05) is 6.54 Å². The summed E-state index contributed by atoms with van der Waals surface area (Å²) in [4.78, 5) is 15.9. The van der Waals surface area contributed by atoms with Crippen LogP contribution in [0.5, 0.6) is 0 Å². The van der Waals surface area contributed by atoms with Gasteiger partial charge in [0.1, 0.15) is 0 Å². The highest BCUT2D eigenvalue weighted by Gasteiger charge is 2.13. The average molecular weight is 248 g/mol. The standard InChI is InChI=1S/C12H16N4O2/c1-2-3-9(17)6-14-12(18)10-7-15-16-5-4-13-8-11(10)16/h4-5,7-9,17H,2-3,6H2,1H3,(H,14,18). The number of amides is 1. The lowest BCUT2D eigenvalue weighted by atomic mass is 10.2. The van der Waals surface area contributed by atoms with Gasteiger partial charge in [0.05, 0.1) is 29.6 Å². The number of hydrogen-bond acceptors (Lipinski definition) is 4. The highest BCUT2D eigenvalue weighted by Crippen LogP contribution is 2.08.